The van der Waals surface area contributed by atoms with Crippen LogP contribution in [0.5, 0.6) is 5.88 Å². The lowest BCUT2D eigenvalue weighted by molar-refractivity contribution is -0.182. The number of hydrogen-bond acceptors (Lipinski definition) is 9. The maximum atomic E-state index is 13.7. The van der Waals surface area contributed by atoms with Crippen LogP contribution in [0.3, 0.4) is 0 Å². The molecule has 2 saturated heterocycles. The van der Waals surface area contributed by atoms with E-state index in [1.54, 1.807) is 18.5 Å². The van der Waals surface area contributed by atoms with E-state index in [-0.39, 0.29) is 30.4 Å². The van der Waals surface area contributed by atoms with Gasteiger partial charge in [0.15, 0.2) is 6.61 Å². The van der Waals surface area contributed by atoms with Crippen LogP contribution in [-0.4, -0.2) is 57.2 Å². The third kappa shape index (κ3) is 4.13. The molecular formula is C19H20FN7O3. The first kappa shape index (κ1) is 19.9. The molecule has 156 valence electrons. The second-order valence-electron chi connectivity index (χ2n) is 7.00. The molecule has 0 bridgehead atoms. The summed E-state index contributed by atoms with van der Waals surface area (Å²) in [6.45, 7) is 1.24. The van der Waals surface area contributed by atoms with Crippen molar-refractivity contribution in [2.24, 2.45) is 5.92 Å². The van der Waals surface area contributed by atoms with E-state index in [9.17, 15) is 9.18 Å². The highest BCUT2D eigenvalue weighted by Gasteiger charge is 2.37. The van der Waals surface area contributed by atoms with Crippen molar-refractivity contribution in [3.63, 3.8) is 0 Å². The average Bonchev–Trinajstić information content (AvgIpc) is 3.29. The van der Waals surface area contributed by atoms with Crippen LogP contribution >= 0.6 is 0 Å². The Hall–Kier alpha value is -3.39. The van der Waals surface area contributed by atoms with E-state index in [4.69, 9.17) is 14.8 Å². The summed E-state index contributed by atoms with van der Waals surface area (Å²) in [5.41, 5.74) is 0.852. The molecule has 10 nitrogen and oxygen atoms in total. The summed E-state index contributed by atoms with van der Waals surface area (Å²) in [7, 11) is 0. The lowest BCUT2D eigenvalue weighted by atomic mass is 9.95. The number of amides is 1. The Labute approximate surface area is 172 Å². The number of nitrogens with zero attached hydrogens (tertiary/aromatic N) is 7. The number of piperidine rings is 1. The van der Waals surface area contributed by atoms with Gasteiger partial charge in [-0.15, -0.1) is 0 Å². The van der Waals surface area contributed by atoms with Crippen molar-refractivity contribution >= 4 is 11.9 Å². The van der Waals surface area contributed by atoms with Gasteiger partial charge in [0.2, 0.25) is 17.7 Å². The van der Waals surface area contributed by atoms with Crippen LogP contribution in [0, 0.1) is 23.1 Å². The van der Waals surface area contributed by atoms with Gasteiger partial charge in [0.25, 0.3) is 5.88 Å². The van der Waals surface area contributed by atoms with Crippen molar-refractivity contribution in [2.45, 2.75) is 25.3 Å². The van der Waals surface area contributed by atoms with E-state index >= 15 is 0 Å². The van der Waals surface area contributed by atoms with Crippen molar-refractivity contribution in [3.05, 3.63) is 36.3 Å². The fourth-order valence-corrected chi connectivity index (χ4v) is 3.68. The third-order valence-corrected chi connectivity index (χ3v) is 5.19. The second-order valence-corrected chi connectivity index (χ2v) is 7.00. The first-order valence-corrected chi connectivity index (χ1v) is 9.65. The summed E-state index contributed by atoms with van der Waals surface area (Å²) in [5, 5.41) is 10.1. The van der Waals surface area contributed by atoms with Gasteiger partial charge in [-0.3, -0.25) is 9.63 Å². The molecule has 0 radical (unpaired) electrons. The van der Waals surface area contributed by atoms with Gasteiger partial charge in [-0.1, -0.05) is 0 Å². The Balaban J connectivity index is 1.39. The van der Waals surface area contributed by atoms with Gasteiger partial charge in [0.05, 0.1) is 18.8 Å². The second kappa shape index (κ2) is 8.96. The molecule has 11 heteroatoms. The number of hydrogen-bond donors (Lipinski definition) is 0. The lowest BCUT2D eigenvalue weighted by Gasteiger charge is -2.34. The van der Waals surface area contributed by atoms with Gasteiger partial charge in [-0.2, -0.15) is 14.6 Å². The molecule has 1 atom stereocenters. The van der Waals surface area contributed by atoms with Crippen LogP contribution in [-0.2, 0) is 9.63 Å². The molecule has 2 aliphatic heterocycles. The number of halogens is 1. The summed E-state index contributed by atoms with van der Waals surface area (Å²) >= 11 is 0. The van der Waals surface area contributed by atoms with Crippen molar-refractivity contribution in [1.29, 1.82) is 5.26 Å². The molecule has 0 saturated carbocycles. The number of rotatable bonds is 5. The molecule has 30 heavy (non-hydrogen) atoms. The summed E-state index contributed by atoms with van der Waals surface area (Å²) in [4.78, 5) is 36.7. The smallest absolute Gasteiger partial charge is 0.256 e. The molecule has 2 aliphatic rings. The Bertz CT molecular complexity index is 931. The van der Waals surface area contributed by atoms with Crippen molar-refractivity contribution in [1.82, 2.24) is 25.0 Å². The number of hydroxylamine groups is 2. The summed E-state index contributed by atoms with van der Waals surface area (Å²) in [5.74, 6) is -0.911. The Kier molecular flexibility index (Phi) is 5.94. The minimum absolute atomic E-state index is 0.0564. The highest BCUT2D eigenvalue weighted by Crippen LogP contribution is 2.33. The van der Waals surface area contributed by atoms with Gasteiger partial charge < -0.3 is 9.64 Å². The number of carbonyl (C=O) groups is 1. The minimum atomic E-state index is -0.721. The fraction of sp³-hybridized carbons (Fsp3) is 0.474. The zero-order chi connectivity index (χ0) is 20.9. The van der Waals surface area contributed by atoms with E-state index in [0.29, 0.717) is 44.9 Å². The normalized spacial score (nSPS) is 19.5. The zero-order valence-corrected chi connectivity index (χ0v) is 16.1. The molecule has 0 N–H and O–H groups in total. The first-order valence-electron chi connectivity index (χ1n) is 9.65. The largest absolute Gasteiger partial charge is 0.460 e. The molecule has 2 aromatic rings. The maximum Gasteiger partial charge on any atom is 0.256 e. The van der Waals surface area contributed by atoms with E-state index < -0.39 is 5.82 Å². The van der Waals surface area contributed by atoms with E-state index in [1.165, 1.54) is 11.4 Å². The highest BCUT2D eigenvalue weighted by molar-refractivity contribution is 5.78. The number of nitriles is 1. The zero-order valence-electron chi connectivity index (χ0n) is 16.1. The number of aromatic nitrogens is 4. The van der Waals surface area contributed by atoms with Gasteiger partial charge >= 0.3 is 0 Å². The standard InChI is InChI=1S/C19H20FN7O3/c20-15-11-24-19(25-17(15)29-8-4-21)26-5-1-13(2-6-26)18(28)27-16(3-7-30-27)14-9-22-12-23-10-14/h9-13,16H,1-3,5-8H2/t16-/m0/s1. The topological polar surface area (TPSA) is 117 Å². The average molecular weight is 413 g/mol. The lowest BCUT2D eigenvalue weighted by Crippen LogP contribution is -2.42. The quantitative estimate of drug-likeness (QED) is 0.717. The maximum absolute atomic E-state index is 13.7. The Morgan fingerprint density at radius 3 is 2.77 bits per heavy atom. The van der Waals surface area contributed by atoms with Crippen LogP contribution in [0.1, 0.15) is 30.9 Å². The van der Waals surface area contributed by atoms with Gasteiger partial charge in [0.1, 0.15) is 12.4 Å². The molecule has 0 spiro atoms. The fourth-order valence-electron chi connectivity index (χ4n) is 3.68. The summed E-state index contributed by atoms with van der Waals surface area (Å²) in [6.07, 6.45) is 7.76. The van der Waals surface area contributed by atoms with Crippen LogP contribution in [0.15, 0.2) is 24.9 Å². The minimum Gasteiger partial charge on any atom is -0.460 e. The Morgan fingerprint density at radius 1 is 1.27 bits per heavy atom. The highest BCUT2D eigenvalue weighted by atomic mass is 19.1. The van der Waals surface area contributed by atoms with Gasteiger partial charge in [-0.25, -0.2) is 20.0 Å². The van der Waals surface area contributed by atoms with Gasteiger partial charge in [0, 0.05) is 43.4 Å². The number of ether oxygens (including phenoxy) is 1. The van der Waals surface area contributed by atoms with Crippen LogP contribution < -0.4 is 9.64 Å². The molecule has 0 unspecified atom stereocenters. The van der Waals surface area contributed by atoms with Crippen molar-refractivity contribution in [3.8, 4) is 11.9 Å². The summed E-state index contributed by atoms with van der Waals surface area (Å²) < 4.78 is 18.7. The Morgan fingerprint density at radius 2 is 2.03 bits per heavy atom. The molecule has 0 aromatic carbocycles. The number of carbonyl (C=O) groups excluding carboxylic acids is 1. The third-order valence-electron chi connectivity index (χ3n) is 5.19. The molecule has 1 amide bonds. The van der Waals surface area contributed by atoms with Gasteiger partial charge in [-0.05, 0) is 12.8 Å². The van der Waals surface area contributed by atoms with Crippen molar-refractivity contribution < 1.29 is 18.8 Å². The predicted octanol–water partition coefficient (Wildman–Crippen LogP) is 1.43. The van der Waals surface area contributed by atoms with Crippen molar-refractivity contribution in [2.75, 3.05) is 31.2 Å². The molecule has 2 fully saturated rings. The molecule has 4 rings (SSSR count). The SMILES string of the molecule is N#CCOc1nc(N2CCC(C(=O)N3OCC[C@H]3c3cncnc3)CC2)ncc1F. The first-order chi connectivity index (χ1) is 14.7. The van der Waals surface area contributed by atoms with E-state index in [1.807, 2.05) is 4.90 Å². The van der Waals surface area contributed by atoms with Crippen LogP contribution in [0.4, 0.5) is 10.3 Å². The van der Waals surface area contributed by atoms with Crippen LogP contribution in [0.2, 0.25) is 0 Å². The van der Waals surface area contributed by atoms with E-state index in [2.05, 4.69) is 19.9 Å². The summed E-state index contributed by atoms with van der Waals surface area (Å²) in [6, 6.07) is 1.59. The van der Waals surface area contributed by atoms with E-state index in [0.717, 1.165) is 11.8 Å². The number of anilines is 1. The monoisotopic (exact) mass is 413 g/mol. The molecular weight excluding hydrogens is 393 g/mol. The molecule has 0 aliphatic carbocycles. The van der Waals surface area contributed by atoms with Crippen LogP contribution in [0.25, 0.3) is 0 Å². The molecule has 2 aromatic heterocycles. The predicted molar refractivity (Wildman–Crippen MR) is 100 cm³/mol. The molecule has 4 heterocycles.